The van der Waals surface area contributed by atoms with Crippen LogP contribution in [0.5, 0.6) is 23.0 Å². The summed E-state index contributed by atoms with van der Waals surface area (Å²) in [7, 11) is 0. The Hall–Kier alpha value is -3.48. The van der Waals surface area contributed by atoms with Crippen molar-refractivity contribution in [3.8, 4) is 23.0 Å². The third-order valence-corrected chi connectivity index (χ3v) is 3.69. The molecule has 0 atom stereocenters. The molecule has 2 aromatic rings. The van der Waals surface area contributed by atoms with E-state index in [1.807, 2.05) is 0 Å². The number of carboxylic acids is 1. The van der Waals surface area contributed by atoms with Gasteiger partial charge in [-0.3, -0.25) is 0 Å². The number of carbonyl (C=O) groups excluding carboxylic acids is 1. The summed E-state index contributed by atoms with van der Waals surface area (Å²) in [5, 5.41) is 9.30. The fourth-order valence-electron chi connectivity index (χ4n) is 2.52. The van der Waals surface area contributed by atoms with Crippen LogP contribution in [-0.2, 0) is 4.79 Å². The first kappa shape index (κ1) is 18.3. The van der Waals surface area contributed by atoms with Crippen LogP contribution in [0.1, 0.15) is 22.8 Å². The number of fused-ring (bicyclic) bond motifs is 1. The van der Waals surface area contributed by atoms with E-state index in [9.17, 15) is 14.7 Å². The molecule has 1 aliphatic rings. The maximum atomic E-state index is 12.2. The quantitative estimate of drug-likeness (QED) is 0.474. The average Bonchev–Trinajstić information content (AvgIpc) is 2.67. The molecule has 0 spiro atoms. The van der Waals surface area contributed by atoms with Gasteiger partial charge in [0.25, 0.3) is 0 Å². The molecule has 0 bridgehead atoms. The highest BCUT2D eigenvalue weighted by Crippen LogP contribution is 2.32. The number of aromatic carboxylic acids is 1. The summed E-state index contributed by atoms with van der Waals surface area (Å²) < 4.78 is 21.5. The normalized spacial score (nSPS) is 12.6. The van der Waals surface area contributed by atoms with Gasteiger partial charge in [0.1, 0.15) is 18.8 Å². The summed E-state index contributed by atoms with van der Waals surface area (Å²) in [6, 6.07) is 9.69. The lowest BCUT2D eigenvalue weighted by Gasteiger charge is -2.18. The second-order valence-corrected chi connectivity index (χ2v) is 5.53. The Morgan fingerprint density at radius 1 is 1.15 bits per heavy atom. The lowest BCUT2D eigenvalue weighted by molar-refractivity contribution is -0.129. The summed E-state index contributed by atoms with van der Waals surface area (Å²) in [6.45, 7) is 3.02. The highest BCUT2D eigenvalue weighted by Gasteiger charge is 2.19. The first-order valence-corrected chi connectivity index (χ1v) is 8.37. The van der Waals surface area contributed by atoms with Crippen LogP contribution in [0.15, 0.2) is 42.5 Å². The van der Waals surface area contributed by atoms with Crippen LogP contribution in [0.3, 0.4) is 0 Å². The van der Waals surface area contributed by atoms with Crippen LogP contribution in [-0.4, -0.2) is 36.9 Å². The molecule has 7 heteroatoms. The lowest BCUT2D eigenvalue weighted by Crippen LogP contribution is -2.15. The monoisotopic (exact) mass is 370 g/mol. The molecule has 0 amide bonds. The first-order chi connectivity index (χ1) is 13.1. The summed E-state index contributed by atoms with van der Waals surface area (Å²) >= 11 is 0. The van der Waals surface area contributed by atoms with Crippen molar-refractivity contribution in [2.45, 2.75) is 6.92 Å². The van der Waals surface area contributed by atoms with Gasteiger partial charge in [0.15, 0.2) is 23.0 Å². The van der Waals surface area contributed by atoms with Gasteiger partial charge in [-0.2, -0.15) is 0 Å². The summed E-state index contributed by atoms with van der Waals surface area (Å²) in [4.78, 5) is 23.6. The number of para-hydroxylation sites is 1. The minimum Gasteiger partial charge on any atom is -0.490 e. The van der Waals surface area contributed by atoms with Crippen molar-refractivity contribution in [1.82, 2.24) is 0 Å². The fourth-order valence-corrected chi connectivity index (χ4v) is 2.52. The van der Waals surface area contributed by atoms with Gasteiger partial charge in [-0.15, -0.1) is 0 Å². The molecule has 27 heavy (non-hydrogen) atoms. The molecule has 1 heterocycles. The number of carboxylic acid groups (broad SMARTS) is 1. The van der Waals surface area contributed by atoms with Crippen molar-refractivity contribution < 1.29 is 33.6 Å². The molecular formula is C20H18O7. The van der Waals surface area contributed by atoms with Crippen LogP contribution >= 0.6 is 0 Å². The molecule has 7 nitrogen and oxygen atoms in total. The molecule has 0 unspecified atom stereocenters. The Morgan fingerprint density at radius 3 is 2.67 bits per heavy atom. The molecule has 0 aliphatic carbocycles. The van der Waals surface area contributed by atoms with Gasteiger partial charge >= 0.3 is 11.9 Å². The van der Waals surface area contributed by atoms with Gasteiger partial charge in [-0.05, 0) is 42.8 Å². The summed E-state index contributed by atoms with van der Waals surface area (Å²) in [6.07, 6.45) is 2.75. The molecule has 2 aromatic carbocycles. The van der Waals surface area contributed by atoms with Crippen LogP contribution in [0.2, 0.25) is 0 Å². The van der Waals surface area contributed by atoms with Gasteiger partial charge in [0, 0.05) is 6.08 Å². The Labute approximate surface area is 155 Å². The third kappa shape index (κ3) is 4.38. The minimum absolute atomic E-state index is 0.122. The van der Waals surface area contributed by atoms with E-state index >= 15 is 0 Å². The number of carbonyl (C=O) groups is 2. The zero-order valence-corrected chi connectivity index (χ0v) is 14.6. The summed E-state index contributed by atoms with van der Waals surface area (Å²) in [5.74, 6) is -0.610. The highest BCUT2D eigenvalue weighted by molar-refractivity contribution is 5.95. The largest absolute Gasteiger partial charge is 0.490 e. The molecule has 3 rings (SSSR count). The number of hydrogen-bond donors (Lipinski definition) is 1. The Kier molecular flexibility index (Phi) is 5.61. The molecular weight excluding hydrogens is 352 g/mol. The SMILES string of the molecule is CCOc1cccc(C(=O)O)c1OC(=O)/C=C/c1ccc2c(c1)OCCO2. The van der Waals surface area contributed by atoms with E-state index < -0.39 is 11.9 Å². The fraction of sp³-hybridized carbons (Fsp3) is 0.200. The van der Waals surface area contributed by atoms with Crippen molar-refractivity contribution in [2.75, 3.05) is 19.8 Å². The Balaban J connectivity index is 1.78. The number of benzene rings is 2. The topological polar surface area (TPSA) is 91.3 Å². The van der Waals surface area contributed by atoms with Gasteiger partial charge < -0.3 is 24.1 Å². The maximum absolute atomic E-state index is 12.2. The van der Waals surface area contributed by atoms with Crippen LogP contribution in [0.25, 0.3) is 6.08 Å². The predicted molar refractivity (Wildman–Crippen MR) is 96.7 cm³/mol. The van der Waals surface area contributed by atoms with E-state index in [0.29, 0.717) is 36.9 Å². The number of hydrogen-bond acceptors (Lipinski definition) is 6. The van der Waals surface area contributed by atoms with E-state index in [1.165, 1.54) is 18.2 Å². The first-order valence-electron chi connectivity index (χ1n) is 8.37. The molecule has 0 saturated heterocycles. The van der Waals surface area contributed by atoms with Crippen molar-refractivity contribution in [3.63, 3.8) is 0 Å². The van der Waals surface area contributed by atoms with Crippen molar-refractivity contribution >= 4 is 18.0 Å². The standard InChI is InChI=1S/C20H18O7/c1-2-24-16-5-3-4-14(20(22)23)19(16)27-18(21)9-7-13-6-8-15-17(12-13)26-11-10-25-15/h3-9,12H,2,10-11H2,1H3,(H,22,23)/b9-7+. The minimum atomic E-state index is -1.21. The third-order valence-electron chi connectivity index (χ3n) is 3.69. The van der Waals surface area contributed by atoms with Gasteiger partial charge in [0.05, 0.1) is 6.61 Å². The van der Waals surface area contributed by atoms with Crippen molar-refractivity contribution in [2.24, 2.45) is 0 Å². The van der Waals surface area contributed by atoms with E-state index in [0.717, 1.165) is 0 Å². The second kappa shape index (κ2) is 8.27. The number of esters is 1. The molecule has 0 saturated carbocycles. The molecule has 0 radical (unpaired) electrons. The van der Waals surface area contributed by atoms with E-state index in [4.69, 9.17) is 18.9 Å². The average molecular weight is 370 g/mol. The smallest absolute Gasteiger partial charge is 0.339 e. The molecule has 0 fully saturated rings. The zero-order valence-electron chi connectivity index (χ0n) is 14.6. The molecule has 1 aliphatic heterocycles. The number of rotatable bonds is 6. The van der Waals surface area contributed by atoms with E-state index in [1.54, 1.807) is 37.3 Å². The van der Waals surface area contributed by atoms with Gasteiger partial charge in [-0.1, -0.05) is 12.1 Å². The molecule has 140 valence electrons. The van der Waals surface area contributed by atoms with Crippen LogP contribution in [0.4, 0.5) is 0 Å². The number of ether oxygens (including phenoxy) is 4. The van der Waals surface area contributed by atoms with E-state index in [-0.39, 0.29) is 17.1 Å². The predicted octanol–water partition coefficient (Wildman–Crippen LogP) is 3.17. The second-order valence-electron chi connectivity index (χ2n) is 5.53. The van der Waals surface area contributed by atoms with Gasteiger partial charge in [-0.25, -0.2) is 9.59 Å². The van der Waals surface area contributed by atoms with Crippen LogP contribution < -0.4 is 18.9 Å². The Morgan fingerprint density at radius 2 is 1.93 bits per heavy atom. The zero-order chi connectivity index (χ0) is 19.2. The highest BCUT2D eigenvalue weighted by atomic mass is 16.6. The van der Waals surface area contributed by atoms with Crippen molar-refractivity contribution in [3.05, 3.63) is 53.6 Å². The van der Waals surface area contributed by atoms with Gasteiger partial charge in [0.2, 0.25) is 0 Å². The molecule has 1 N–H and O–H groups in total. The van der Waals surface area contributed by atoms with E-state index in [2.05, 4.69) is 0 Å². The Bertz CT molecular complexity index is 886. The summed E-state index contributed by atoms with van der Waals surface area (Å²) in [5.41, 5.74) is 0.565. The van der Waals surface area contributed by atoms with Crippen LogP contribution in [0, 0.1) is 0 Å². The maximum Gasteiger partial charge on any atom is 0.339 e. The lowest BCUT2D eigenvalue weighted by atomic mass is 10.1. The van der Waals surface area contributed by atoms with Crippen molar-refractivity contribution in [1.29, 1.82) is 0 Å². The molecule has 0 aromatic heterocycles.